The van der Waals surface area contributed by atoms with Gasteiger partial charge in [-0.15, -0.1) is 0 Å². The Hall–Kier alpha value is -0.180. The van der Waals surface area contributed by atoms with Crippen molar-refractivity contribution in [2.75, 3.05) is 13.1 Å². The lowest BCUT2D eigenvalue weighted by molar-refractivity contribution is -0.0670. The van der Waals surface area contributed by atoms with Gasteiger partial charge in [0.15, 0.2) is 0 Å². The van der Waals surface area contributed by atoms with Crippen LogP contribution < -0.4 is 0 Å². The Morgan fingerprint density at radius 1 is 1.00 bits per heavy atom. The summed E-state index contributed by atoms with van der Waals surface area (Å²) in [6, 6.07) is 0.584. The molecule has 0 aromatic rings. The molecule has 1 aliphatic heterocycles. The van der Waals surface area contributed by atoms with Crippen molar-refractivity contribution in [3.63, 3.8) is 0 Å². The standard InChI is InChI=1S/C14H25F2N/c1-11(2)12-3-5-13(6-4-12)17-9-7-14(15,16)8-10-17/h11-13H,3-10H2,1-2H3. The van der Waals surface area contributed by atoms with E-state index in [1.807, 2.05) is 0 Å². The second-order valence-electron chi connectivity index (χ2n) is 6.20. The molecule has 1 nitrogen and oxygen atoms in total. The summed E-state index contributed by atoms with van der Waals surface area (Å²) in [7, 11) is 0. The highest BCUT2D eigenvalue weighted by Gasteiger charge is 2.37. The predicted octanol–water partition coefficient (Wildman–Crippen LogP) is 3.93. The molecule has 2 aliphatic rings. The molecule has 0 spiro atoms. The van der Waals surface area contributed by atoms with Crippen molar-refractivity contribution in [2.45, 2.75) is 64.3 Å². The molecule has 0 aromatic carbocycles. The average molecular weight is 245 g/mol. The minimum absolute atomic E-state index is 0.0666. The third-order valence-electron chi connectivity index (χ3n) is 4.73. The first-order chi connectivity index (χ1) is 7.98. The van der Waals surface area contributed by atoms with Gasteiger partial charge in [0.2, 0.25) is 0 Å². The fourth-order valence-electron chi connectivity index (χ4n) is 3.35. The fraction of sp³-hybridized carbons (Fsp3) is 1.00. The van der Waals surface area contributed by atoms with Gasteiger partial charge in [-0.1, -0.05) is 13.8 Å². The molecule has 0 bridgehead atoms. The molecule has 0 radical (unpaired) electrons. The zero-order chi connectivity index (χ0) is 12.5. The molecule has 2 fully saturated rings. The smallest absolute Gasteiger partial charge is 0.250 e. The third kappa shape index (κ3) is 3.40. The second-order valence-corrected chi connectivity index (χ2v) is 6.20. The van der Waals surface area contributed by atoms with Crippen LogP contribution >= 0.6 is 0 Å². The largest absolute Gasteiger partial charge is 0.300 e. The molecule has 100 valence electrons. The van der Waals surface area contributed by atoms with Crippen LogP contribution in [0.15, 0.2) is 0 Å². The van der Waals surface area contributed by atoms with Gasteiger partial charge in [0.05, 0.1) is 0 Å². The summed E-state index contributed by atoms with van der Waals surface area (Å²) < 4.78 is 26.2. The van der Waals surface area contributed by atoms with E-state index >= 15 is 0 Å². The topological polar surface area (TPSA) is 3.24 Å². The van der Waals surface area contributed by atoms with Crippen LogP contribution in [-0.4, -0.2) is 30.0 Å². The maximum absolute atomic E-state index is 13.1. The molecule has 0 aromatic heterocycles. The summed E-state index contributed by atoms with van der Waals surface area (Å²) in [5, 5.41) is 0. The maximum Gasteiger partial charge on any atom is 0.250 e. The van der Waals surface area contributed by atoms with Crippen LogP contribution in [0.25, 0.3) is 0 Å². The highest BCUT2D eigenvalue weighted by atomic mass is 19.3. The summed E-state index contributed by atoms with van der Waals surface area (Å²) in [4.78, 5) is 2.31. The molecule has 3 heteroatoms. The predicted molar refractivity (Wildman–Crippen MR) is 66.3 cm³/mol. The average Bonchev–Trinajstić information content (AvgIpc) is 2.29. The molecular weight excluding hydrogens is 220 g/mol. The number of nitrogens with zero attached hydrogens (tertiary/aromatic N) is 1. The van der Waals surface area contributed by atoms with Crippen molar-refractivity contribution in [3.8, 4) is 0 Å². The van der Waals surface area contributed by atoms with Gasteiger partial charge in [-0.25, -0.2) is 8.78 Å². The summed E-state index contributed by atoms with van der Waals surface area (Å²) in [5.74, 6) is -0.759. The van der Waals surface area contributed by atoms with Gasteiger partial charge in [0, 0.05) is 32.0 Å². The molecule has 1 saturated carbocycles. The number of piperidine rings is 1. The number of alkyl halides is 2. The molecule has 0 atom stereocenters. The Labute approximate surface area is 104 Å². The zero-order valence-electron chi connectivity index (χ0n) is 11.1. The zero-order valence-corrected chi connectivity index (χ0v) is 11.1. The van der Waals surface area contributed by atoms with Crippen LogP contribution in [0.3, 0.4) is 0 Å². The van der Waals surface area contributed by atoms with Gasteiger partial charge in [-0.05, 0) is 37.5 Å². The van der Waals surface area contributed by atoms with Gasteiger partial charge in [-0.2, -0.15) is 0 Å². The second kappa shape index (κ2) is 5.21. The minimum Gasteiger partial charge on any atom is -0.300 e. The van der Waals surface area contributed by atoms with Crippen molar-refractivity contribution < 1.29 is 8.78 Å². The molecule has 1 aliphatic carbocycles. The Balaban J connectivity index is 1.78. The Kier molecular flexibility index (Phi) is 4.06. The fourth-order valence-corrected chi connectivity index (χ4v) is 3.35. The quantitative estimate of drug-likeness (QED) is 0.712. The molecule has 0 amide bonds. The monoisotopic (exact) mass is 245 g/mol. The van der Waals surface area contributed by atoms with E-state index in [2.05, 4.69) is 18.7 Å². The van der Waals surface area contributed by atoms with E-state index in [0.717, 1.165) is 11.8 Å². The first-order valence-corrected chi connectivity index (χ1v) is 7.10. The highest BCUT2D eigenvalue weighted by Crippen LogP contribution is 2.35. The number of halogens is 2. The lowest BCUT2D eigenvalue weighted by Gasteiger charge is -2.41. The van der Waals surface area contributed by atoms with Crippen LogP contribution in [0.5, 0.6) is 0 Å². The molecule has 0 unspecified atom stereocenters. The van der Waals surface area contributed by atoms with Gasteiger partial charge in [-0.3, -0.25) is 4.90 Å². The third-order valence-corrected chi connectivity index (χ3v) is 4.73. The first kappa shape index (κ1) is 13.3. The van der Waals surface area contributed by atoms with Crippen molar-refractivity contribution in [2.24, 2.45) is 11.8 Å². The van der Waals surface area contributed by atoms with E-state index in [0.29, 0.717) is 19.1 Å². The summed E-state index contributed by atoms with van der Waals surface area (Å²) in [6.45, 7) is 5.80. The van der Waals surface area contributed by atoms with Crippen LogP contribution in [0.1, 0.15) is 52.4 Å². The van der Waals surface area contributed by atoms with Gasteiger partial charge >= 0.3 is 0 Å². The van der Waals surface area contributed by atoms with E-state index < -0.39 is 5.92 Å². The van der Waals surface area contributed by atoms with Gasteiger partial charge < -0.3 is 0 Å². The SMILES string of the molecule is CC(C)C1CCC(N2CCC(F)(F)CC2)CC1. The van der Waals surface area contributed by atoms with Gasteiger partial charge in [0.25, 0.3) is 5.92 Å². The Bertz CT molecular complexity index is 235. The van der Waals surface area contributed by atoms with Crippen molar-refractivity contribution in [1.29, 1.82) is 0 Å². The normalized spacial score (nSPS) is 35.1. The van der Waals surface area contributed by atoms with E-state index in [4.69, 9.17) is 0 Å². The van der Waals surface area contributed by atoms with Crippen LogP contribution in [0, 0.1) is 11.8 Å². The van der Waals surface area contributed by atoms with Crippen LogP contribution in [0.4, 0.5) is 8.78 Å². The van der Waals surface area contributed by atoms with E-state index in [1.54, 1.807) is 0 Å². The Morgan fingerprint density at radius 2 is 1.53 bits per heavy atom. The van der Waals surface area contributed by atoms with Crippen LogP contribution in [0.2, 0.25) is 0 Å². The summed E-state index contributed by atoms with van der Waals surface area (Å²) in [5.41, 5.74) is 0. The van der Waals surface area contributed by atoms with Crippen molar-refractivity contribution in [1.82, 2.24) is 4.90 Å². The van der Waals surface area contributed by atoms with E-state index in [1.165, 1.54) is 25.7 Å². The number of rotatable bonds is 2. The van der Waals surface area contributed by atoms with Crippen molar-refractivity contribution in [3.05, 3.63) is 0 Å². The molecule has 2 rings (SSSR count). The lowest BCUT2D eigenvalue weighted by atomic mass is 9.79. The Morgan fingerprint density at radius 3 is 2.00 bits per heavy atom. The molecule has 17 heavy (non-hydrogen) atoms. The molecular formula is C14H25F2N. The molecule has 1 saturated heterocycles. The minimum atomic E-state index is -2.40. The molecule has 1 heterocycles. The maximum atomic E-state index is 13.1. The highest BCUT2D eigenvalue weighted by molar-refractivity contribution is 4.85. The molecule has 0 N–H and O–H groups in total. The van der Waals surface area contributed by atoms with Crippen molar-refractivity contribution >= 4 is 0 Å². The van der Waals surface area contributed by atoms with E-state index in [-0.39, 0.29) is 12.8 Å². The van der Waals surface area contributed by atoms with Gasteiger partial charge in [0.1, 0.15) is 0 Å². The van der Waals surface area contributed by atoms with E-state index in [9.17, 15) is 8.78 Å². The number of hydrogen-bond acceptors (Lipinski definition) is 1. The number of hydrogen-bond donors (Lipinski definition) is 0. The number of likely N-dealkylation sites (tertiary alicyclic amines) is 1. The summed E-state index contributed by atoms with van der Waals surface area (Å²) in [6.07, 6.45) is 5.14. The lowest BCUT2D eigenvalue weighted by Crippen LogP contribution is -2.46. The first-order valence-electron chi connectivity index (χ1n) is 7.10. The van der Waals surface area contributed by atoms with Crippen LogP contribution in [-0.2, 0) is 0 Å². The summed E-state index contributed by atoms with van der Waals surface area (Å²) >= 11 is 0.